The molecule has 0 saturated carbocycles. The van der Waals surface area contributed by atoms with Gasteiger partial charge in [-0.1, -0.05) is 23.7 Å². The molecule has 0 aliphatic carbocycles. The molecule has 4 aromatic rings. The van der Waals surface area contributed by atoms with Gasteiger partial charge in [0, 0.05) is 27.1 Å². The van der Waals surface area contributed by atoms with Crippen LogP contribution in [0.15, 0.2) is 47.7 Å². The number of aryl methyl sites for hydroxylation is 2. The number of hydrogen-bond acceptors (Lipinski definition) is 7. The molecule has 8 nitrogen and oxygen atoms in total. The van der Waals surface area contributed by atoms with Crippen molar-refractivity contribution in [1.82, 2.24) is 19.7 Å². The van der Waals surface area contributed by atoms with E-state index in [0.717, 1.165) is 33.2 Å². The first-order valence-electron chi connectivity index (χ1n) is 10.6. The fourth-order valence-corrected chi connectivity index (χ4v) is 5.36. The number of halogens is 1. The molecule has 0 saturated heterocycles. The van der Waals surface area contributed by atoms with Crippen LogP contribution in [0.2, 0.25) is 5.02 Å². The molecule has 1 atom stereocenters. The first-order chi connectivity index (χ1) is 16.3. The van der Waals surface area contributed by atoms with Gasteiger partial charge in [0.25, 0.3) is 0 Å². The summed E-state index contributed by atoms with van der Waals surface area (Å²) in [5.41, 5.74) is 4.24. The van der Waals surface area contributed by atoms with Gasteiger partial charge in [0.1, 0.15) is 22.6 Å². The second-order valence-corrected chi connectivity index (χ2v) is 9.73. The Balaban J connectivity index is 1.62. The van der Waals surface area contributed by atoms with Crippen molar-refractivity contribution in [3.8, 4) is 10.8 Å². The van der Waals surface area contributed by atoms with Crippen molar-refractivity contribution in [2.24, 2.45) is 4.99 Å². The number of carbonyl (C=O) groups is 1. The standard InChI is InChI=1S/C24H21ClN6O2S/c1-12-13(2)34-24-21(12)22(15-4-6-16(25)7-5-15)28-19(23-30-29-14(3)31(23)24)9-20(33)27-17-8-18(32)11-26-10-17/h4-8,10-11,19,32H,9H2,1-3H3,(H,27,33)/t19-/m0/s1. The molecule has 1 aromatic carbocycles. The Bertz CT molecular complexity index is 1440. The number of rotatable bonds is 4. The molecule has 0 radical (unpaired) electrons. The highest BCUT2D eigenvalue weighted by atomic mass is 35.5. The number of nitrogens with one attached hydrogen (secondary N) is 1. The van der Waals surface area contributed by atoms with Crippen molar-refractivity contribution < 1.29 is 9.90 Å². The van der Waals surface area contributed by atoms with E-state index in [1.54, 1.807) is 11.3 Å². The molecular weight excluding hydrogens is 472 g/mol. The second kappa shape index (κ2) is 8.66. The summed E-state index contributed by atoms with van der Waals surface area (Å²) in [5.74, 6) is 1.03. The lowest BCUT2D eigenvalue weighted by atomic mass is 9.99. The number of nitrogens with zero attached hydrogens (tertiary/aromatic N) is 5. The molecule has 1 amide bonds. The van der Waals surface area contributed by atoms with E-state index >= 15 is 0 Å². The zero-order valence-corrected chi connectivity index (χ0v) is 20.3. The Kier molecular flexibility index (Phi) is 5.66. The molecule has 4 heterocycles. The predicted octanol–water partition coefficient (Wildman–Crippen LogP) is 4.93. The summed E-state index contributed by atoms with van der Waals surface area (Å²) in [6.45, 7) is 6.06. The summed E-state index contributed by atoms with van der Waals surface area (Å²) in [7, 11) is 0. The smallest absolute Gasteiger partial charge is 0.227 e. The lowest BCUT2D eigenvalue weighted by Gasteiger charge is -2.13. The third-order valence-electron chi connectivity index (χ3n) is 5.74. The van der Waals surface area contributed by atoms with E-state index in [1.807, 2.05) is 35.8 Å². The number of thiophene rings is 1. The first-order valence-corrected chi connectivity index (χ1v) is 11.8. The SMILES string of the molecule is Cc1sc2c(c1C)C(c1ccc(Cl)cc1)=N[C@@H](CC(=O)Nc1cncc(O)c1)c1nnc(C)n1-2. The third-order valence-corrected chi connectivity index (χ3v) is 7.19. The molecule has 10 heteroatoms. The monoisotopic (exact) mass is 492 g/mol. The maximum atomic E-state index is 13.0. The van der Waals surface area contributed by atoms with Crippen LogP contribution in [-0.4, -0.2) is 36.5 Å². The largest absolute Gasteiger partial charge is 0.506 e. The molecule has 5 rings (SSSR count). The van der Waals surface area contributed by atoms with Crippen LogP contribution in [0.25, 0.3) is 5.00 Å². The number of hydrogen-bond donors (Lipinski definition) is 2. The summed E-state index contributed by atoms with van der Waals surface area (Å²) >= 11 is 7.80. The molecular formula is C24H21ClN6O2S. The number of aromatic nitrogens is 4. The molecule has 0 unspecified atom stereocenters. The molecule has 1 aliphatic rings. The Morgan fingerprint density at radius 1 is 1.18 bits per heavy atom. The first kappa shape index (κ1) is 22.2. The van der Waals surface area contributed by atoms with Crippen LogP contribution < -0.4 is 5.32 Å². The molecule has 0 spiro atoms. The number of aliphatic imine (C=N–C) groups is 1. The van der Waals surface area contributed by atoms with Gasteiger partial charge in [0.2, 0.25) is 5.91 Å². The molecule has 172 valence electrons. The topological polar surface area (TPSA) is 105 Å². The van der Waals surface area contributed by atoms with Crippen molar-refractivity contribution in [3.05, 3.63) is 81.0 Å². The Morgan fingerprint density at radius 2 is 1.94 bits per heavy atom. The highest BCUT2D eigenvalue weighted by Gasteiger charge is 2.32. The molecule has 34 heavy (non-hydrogen) atoms. The quantitative estimate of drug-likeness (QED) is 0.420. The van der Waals surface area contributed by atoms with Crippen LogP contribution in [0.5, 0.6) is 5.75 Å². The van der Waals surface area contributed by atoms with Crippen LogP contribution in [0.3, 0.4) is 0 Å². The van der Waals surface area contributed by atoms with Crippen LogP contribution in [0.4, 0.5) is 5.69 Å². The second-order valence-electron chi connectivity index (χ2n) is 8.09. The van der Waals surface area contributed by atoms with E-state index in [1.165, 1.54) is 23.3 Å². The van der Waals surface area contributed by atoms with Gasteiger partial charge in [0.05, 0.1) is 30.2 Å². The molecule has 0 bridgehead atoms. The third kappa shape index (κ3) is 3.97. The molecule has 1 aliphatic heterocycles. The van der Waals surface area contributed by atoms with Crippen molar-refractivity contribution in [3.63, 3.8) is 0 Å². The summed E-state index contributed by atoms with van der Waals surface area (Å²) < 4.78 is 2.00. The average molecular weight is 493 g/mol. The van der Waals surface area contributed by atoms with Crippen LogP contribution in [0, 0.1) is 20.8 Å². The minimum atomic E-state index is -0.573. The number of carbonyl (C=O) groups excluding carboxylic acids is 1. The number of benzene rings is 1. The van der Waals surface area contributed by atoms with E-state index in [4.69, 9.17) is 16.6 Å². The van der Waals surface area contributed by atoms with E-state index in [-0.39, 0.29) is 18.1 Å². The number of anilines is 1. The highest BCUT2D eigenvalue weighted by Crippen LogP contribution is 2.39. The molecule has 0 fully saturated rings. The minimum absolute atomic E-state index is 0.0269. The number of pyridine rings is 1. The van der Waals surface area contributed by atoms with Gasteiger partial charge in [-0.25, -0.2) is 0 Å². The lowest BCUT2D eigenvalue weighted by Crippen LogP contribution is -2.17. The van der Waals surface area contributed by atoms with E-state index in [0.29, 0.717) is 16.5 Å². The summed E-state index contributed by atoms with van der Waals surface area (Å²) in [5, 5.41) is 22.8. The zero-order valence-electron chi connectivity index (χ0n) is 18.7. The van der Waals surface area contributed by atoms with Gasteiger partial charge in [-0.2, -0.15) is 0 Å². The van der Waals surface area contributed by atoms with Crippen molar-refractivity contribution in [2.45, 2.75) is 33.2 Å². The normalized spacial score (nSPS) is 14.7. The lowest BCUT2D eigenvalue weighted by molar-refractivity contribution is -0.116. The molecule has 2 N–H and O–H groups in total. The number of aromatic hydroxyl groups is 1. The van der Waals surface area contributed by atoms with E-state index < -0.39 is 6.04 Å². The minimum Gasteiger partial charge on any atom is -0.506 e. The average Bonchev–Trinajstić information content (AvgIpc) is 3.27. The maximum absolute atomic E-state index is 13.0. The van der Waals surface area contributed by atoms with Crippen LogP contribution in [-0.2, 0) is 4.79 Å². The van der Waals surface area contributed by atoms with E-state index in [2.05, 4.69) is 34.3 Å². The van der Waals surface area contributed by atoms with Crippen molar-refractivity contribution in [2.75, 3.05) is 5.32 Å². The Labute approximate surface area is 205 Å². The highest BCUT2D eigenvalue weighted by molar-refractivity contribution is 7.15. The van der Waals surface area contributed by atoms with Crippen molar-refractivity contribution >= 4 is 40.2 Å². The fraction of sp³-hybridized carbons (Fsp3) is 0.208. The summed E-state index contributed by atoms with van der Waals surface area (Å²) in [6.07, 6.45) is 2.82. The van der Waals surface area contributed by atoms with Gasteiger partial charge in [-0.3, -0.25) is 19.3 Å². The van der Waals surface area contributed by atoms with Gasteiger partial charge >= 0.3 is 0 Å². The van der Waals surface area contributed by atoms with Crippen LogP contribution in [0.1, 0.15) is 45.7 Å². The van der Waals surface area contributed by atoms with Crippen LogP contribution >= 0.6 is 22.9 Å². The Morgan fingerprint density at radius 3 is 2.68 bits per heavy atom. The summed E-state index contributed by atoms with van der Waals surface area (Å²) in [6, 6.07) is 8.41. The van der Waals surface area contributed by atoms with E-state index in [9.17, 15) is 9.90 Å². The van der Waals surface area contributed by atoms with Gasteiger partial charge in [-0.05, 0) is 38.5 Å². The number of amides is 1. The Hall–Kier alpha value is -3.56. The molecule has 3 aromatic heterocycles. The fourth-order valence-electron chi connectivity index (χ4n) is 4.02. The van der Waals surface area contributed by atoms with Crippen molar-refractivity contribution in [1.29, 1.82) is 0 Å². The van der Waals surface area contributed by atoms with Gasteiger partial charge in [-0.15, -0.1) is 21.5 Å². The zero-order chi connectivity index (χ0) is 24.0. The maximum Gasteiger partial charge on any atom is 0.227 e. The predicted molar refractivity (Wildman–Crippen MR) is 132 cm³/mol. The van der Waals surface area contributed by atoms with Gasteiger partial charge in [0.15, 0.2) is 5.82 Å². The summed E-state index contributed by atoms with van der Waals surface area (Å²) in [4.78, 5) is 23.1. The number of fused-ring (bicyclic) bond motifs is 3. The van der Waals surface area contributed by atoms with Gasteiger partial charge < -0.3 is 10.4 Å².